The largest absolute Gasteiger partial charge is 0.375 e. The van der Waals surface area contributed by atoms with E-state index in [1.165, 1.54) is 6.08 Å². The molecule has 8 heteroatoms. The molecular weight excluding hydrogens is 476 g/mol. The van der Waals surface area contributed by atoms with E-state index in [0.717, 1.165) is 9.26 Å². The second kappa shape index (κ2) is 7.72. The Bertz CT molecular complexity index is 714. The second-order valence-corrected chi connectivity index (χ2v) is 8.34. The number of hydrogen-bond donors (Lipinski definition) is 1. The van der Waals surface area contributed by atoms with Gasteiger partial charge in [0.15, 0.2) is 0 Å². The van der Waals surface area contributed by atoms with Crippen LogP contribution >= 0.6 is 45.8 Å². The van der Waals surface area contributed by atoms with E-state index in [1.54, 1.807) is 12.1 Å². The summed E-state index contributed by atoms with van der Waals surface area (Å²) in [7, 11) is 0. The molecule has 2 saturated heterocycles. The fraction of sp³-hybridized carbons (Fsp3) is 0.412. The minimum absolute atomic E-state index is 0.0249. The van der Waals surface area contributed by atoms with Crippen molar-refractivity contribution >= 4 is 63.3 Å². The average molecular weight is 494 g/mol. The molecule has 0 bridgehead atoms. The Morgan fingerprint density at radius 1 is 1.16 bits per heavy atom. The maximum absolute atomic E-state index is 12.5. The number of amides is 2. The van der Waals surface area contributed by atoms with Gasteiger partial charge >= 0.3 is 0 Å². The minimum Gasteiger partial charge on any atom is -0.375 e. The van der Waals surface area contributed by atoms with E-state index in [2.05, 4.69) is 34.5 Å². The van der Waals surface area contributed by atoms with Crippen molar-refractivity contribution in [3.05, 3.63) is 38.4 Å². The monoisotopic (exact) mass is 493 g/mol. The lowest BCUT2D eigenvalue weighted by atomic mass is 10.0. The molecule has 2 unspecified atom stereocenters. The third-order valence-corrected chi connectivity index (χ3v) is 6.38. The van der Waals surface area contributed by atoms with E-state index in [-0.39, 0.29) is 18.4 Å². The van der Waals surface area contributed by atoms with Crippen molar-refractivity contribution in [1.29, 1.82) is 0 Å². The van der Waals surface area contributed by atoms with Gasteiger partial charge in [0, 0.05) is 47.3 Å². The lowest BCUT2D eigenvalue weighted by Crippen LogP contribution is -2.37. The molecule has 1 aromatic carbocycles. The molecule has 5 nitrogen and oxygen atoms in total. The first kappa shape index (κ1) is 18.8. The number of nitrogens with one attached hydrogen (secondary N) is 1. The Hall–Kier alpha value is -0.990. The van der Waals surface area contributed by atoms with E-state index < -0.39 is 0 Å². The zero-order valence-electron chi connectivity index (χ0n) is 13.5. The summed E-state index contributed by atoms with van der Waals surface area (Å²) in [6, 6.07) is 3.50. The van der Waals surface area contributed by atoms with Gasteiger partial charge < -0.3 is 15.1 Å². The molecule has 1 aromatic rings. The Morgan fingerprint density at radius 2 is 1.72 bits per heavy atom. The Balaban J connectivity index is 1.54. The highest BCUT2D eigenvalue weighted by Crippen LogP contribution is 2.32. The standard InChI is InChI=1S/C17H18Cl2IN3O2/c1-2-16(24)22-6-10-8-23(9-11(10)7-22)17(25)5-21-15-4-13(19)12(18)3-14(15)20/h2-4,10-11,21H,1,5-9H2. The van der Waals surface area contributed by atoms with Gasteiger partial charge in [0.05, 0.1) is 16.6 Å². The smallest absolute Gasteiger partial charge is 0.245 e. The number of benzene rings is 1. The zero-order valence-corrected chi connectivity index (χ0v) is 17.1. The predicted molar refractivity (Wildman–Crippen MR) is 108 cm³/mol. The Labute approximate surface area is 170 Å². The van der Waals surface area contributed by atoms with Crippen molar-refractivity contribution in [2.45, 2.75) is 0 Å². The predicted octanol–water partition coefficient (Wildman–Crippen LogP) is 3.11. The topological polar surface area (TPSA) is 52.7 Å². The number of hydrogen-bond acceptors (Lipinski definition) is 3. The van der Waals surface area contributed by atoms with E-state index in [9.17, 15) is 9.59 Å². The molecule has 2 heterocycles. The lowest BCUT2D eigenvalue weighted by molar-refractivity contribution is -0.128. The molecule has 0 aliphatic carbocycles. The highest BCUT2D eigenvalue weighted by atomic mass is 127. The molecule has 2 atom stereocenters. The summed E-state index contributed by atoms with van der Waals surface area (Å²) >= 11 is 14.2. The maximum atomic E-state index is 12.5. The van der Waals surface area contributed by atoms with Crippen molar-refractivity contribution < 1.29 is 9.59 Å². The van der Waals surface area contributed by atoms with E-state index >= 15 is 0 Å². The molecule has 0 radical (unpaired) electrons. The van der Waals surface area contributed by atoms with Crippen molar-refractivity contribution in [1.82, 2.24) is 9.80 Å². The van der Waals surface area contributed by atoms with Crippen molar-refractivity contribution in [2.24, 2.45) is 11.8 Å². The summed E-state index contributed by atoms with van der Waals surface area (Å²) in [4.78, 5) is 27.9. The van der Waals surface area contributed by atoms with Crippen LogP contribution in [0.15, 0.2) is 24.8 Å². The molecule has 2 aliphatic heterocycles. The molecule has 0 aromatic heterocycles. The molecule has 2 fully saturated rings. The second-order valence-electron chi connectivity index (χ2n) is 6.37. The van der Waals surface area contributed by atoms with Crippen molar-refractivity contribution in [3.63, 3.8) is 0 Å². The summed E-state index contributed by atoms with van der Waals surface area (Å²) in [6.45, 7) is 6.55. The number of rotatable bonds is 4. The van der Waals surface area contributed by atoms with Crippen LogP contribution in [-0.2, 0) is 9.59 Å². The molecule has 2 aliphatic rings. The van der Waals surface area contributed by atoms with Gasteiger partial charge in [-0.25, -0.2) is 0 Å². The van der Waals surface area contributed by atoms with Crippen LogP contribution in [-0.4, -0.2) is 54.3 Å². The highest BCUT2D eigenvalue weighted by Gasteiger charge is 2.42. The van der Waals surface area contributed by atoms with E-state index in [0.29, 0.717) is 48.1 Å². The van der Waals surface area contributed by atoms with Crippen LogP contribution in [0.5, 0.6) is 0 Å². The van der Waals surface area contributed by atoms with Crippen LogP contribution in [0.25, 0.3) is 0 Å². The lowest BCUT2D eigenvalue weighted by Gasteiger charge is -2.21. The summed E-state index contributed by atoms with van der Waals surface area (Å²) < 4.78 is 0.914. The number of anilines is 1. The summed E-state index contributed by atoms with van der Waals surface area (Å²) in [5.41, 5.74) is 0.797. The van der Waals surface area contributed by atoms with Crippen LogP contribution in [0.4, 0.5) is 5.69 Å². The van der Waals surface area contributed by atoms with Crippen molar-refractivity contribution in [3.8, 4) is 0 Å². The van der Waals surface area contributed by atoms with Gasteiger partial charge in [0.25, 0.3) is 0 Å². The first-order valence-electron chi connectivity index (χ1n) is 7.96. The minimum atomic E-state index is -0.0249. The highest BCUT2D eigenvalue weighted by molar-refractivity contribution is 14.1. The number of fused-ring (bicyclic) bond motifs is 1. The number of carbonyl (C=O) groups is 2. The number of nitrogens with zero attached hydrogens (tertiary/aromatic N) is 2. The number of halogens is 3. The van der Waals surface area contributed by atoms with Gasteiger partial charge in [-0.15, -0.1) is 0 Å². The molecule has 1 N–H and O–H groups in total. The fourth-order valence-corrected chi connectivity index (χ4v) is 4.62. The molecule has 2 amide bonds. The first-order chi connectivity index (χ1) is 11.9. The van der Waals surface area contributed by atoms with Gasteiger partial charge in [0.2, 0.25) is 11.8 Å². The quantitative estimate of drug-likeness (QED) is 0.398. The average Bonchev–Trinajstić information content (AvgIpc) is 3.14. The fourth-order valence-electron chi connectivity index (χ4n) is 3.45. The van der Waals surface area contributed by atoms with Crippen molar-refractivity contribution in [2.75, 3.05) is 38.0 Å². The van der Waals surface area contributed by atoms with Crippen LogP contribution in [0.2, 0.25) is 10.0 Å². The molecule has 25 heavy (non-hydrogen) atoms. The Morgan fingerprint density at radius 3 is 2.32 bits per heavy atom. The summed E-state index contributed by atoms with van der Waals surface area (Å²) in [5.74, 6) is 0.747. The number of carbonyl (C=O) groups excluding carboxylic acids is 2. The molecule has 0 spiro atoms. The van der Waals surface area contributed by atoms with E-state index in [1.807, 2.05) is 9.80 Å². The van der Waals surface area contributed by atoms with Crippen LogP contribution in [0.1, 0.15) is 0 Å². The molecule has 0 saturated carbocycles. The van der Waals surface area contributed by atoms with Crippen LogP contribution < -0.4 is 5.32 Å². The van der Waals surface area contributed by atoms with E-state index in [4.69, 9.17) is 23.2 Å². The third-order valence-electron chi connectivity index (χ3n) is 4.77. The van der Waals surface area contributed by atoms with Gasteiger partial charge in [-0.3, -0.25) is 9.59 Å². The third kappa shape index (κ3) is 4.06. The molecular formula is C17H18Cl2IN3O2. The SMILES string of the molecule is C=CC(=O)N1CC2CN(C(=O)CNc3cc(Cl)c(Cl)cc3I)CC2C1. The normalized spacial score (nSPS) is 22.0. The Kier molecular flexibility index (Phi) is 5.80. The zero-order chi connectivity index (χ0) is 18.1. The van der Waals surface area contributed by atoms with Crippen LogP contribution in [0.3, 0.4) is 0 Å². The van der Waals surface area contributed by atoms with Gasteiger partial charge in [-0.05, 0) is 40.8 Å². The first-order valence-corrected chi connectivity index (χ1v) is 9.80. The van der Waals surface area contributed by atoms with Crippen LogP contribution in [0, 0.1) is 15.4 Å². The van der Waals surface area contributed by atoms with Gasteiger partial charge in [-0.2, -0.15) is 0 Å². The molecule has 134 valence electrons. The maximum Gasteiger partial charge on any atom is 0.245 e. The van der Waals surface area contributed by atoms with Gasteiger partial charge in [-0.1, -0.05) is 29.8 Å². The summed E-state index contributed by atoms with van der Waals surface area (Å²) in [6.07, 6.45) is 1.35. The number of likely N-dealkylation sites (tertiary alicyclic amines) is 2. The van der Waals surface area contributed by atoms with Gasteiger partial charge in [0.1, 0.15) is 0 Å². The molecule has 3 rings (SSSR count). The summed E-state index contributed by atoms with van der Waals surface area (Å²) in [5, 5.41) is 4.09.